The zero-order valence-corrected chi connectivity index (χ0v) is 10.2. The second-order valence-electron chi connectivity index (χ2n) is 4.00. The normalized spacial score (nSPS) is 19.6. The van der Waals surface area contributed by atoms with Gasteiger partial charge in [-0.25, -0.2) is 0 Å². The molecule has 1 aromatic heterocycles. The second kappa shape index (κ2) is 4.31. The number of phenolic OH excluding ortho intramolecular Hbond substituents is 1. The first kappa shape index (κ1) is 11.0. The lowest BCUT2D eigenvalue weighted by atomic mass is 10.00. The summed E-state index contributed by atoms with van der Waals surface area (Å²) in [6.45, 7) is 0. The number of allylic oxidation sites excluding steroid dienone is 1. The van der Waals surface area contributed by atoms with Crippen molar-refractivity contribution in [2.24, 2.45) is 0 Å². The maximum Gasteiger partial charge on any atom is 0.135 e. The number of hydrogen-bond acceptors (Lipinski definition) is 4. The van der Waals surface area contributed by atoms with Crippen molar-refractivity contribution in [2.75, 3.05) is 0 Å². The van der Waals surface area contributed by atoms with Crippen LogP contribution in [0, 0.1) is 0 Å². The molecule has 90 valence electrons. The average molecular weight is 258 g/mol. The number of rotatable bonds is 2. The molecule has 2 aromatic rings. The Balaban J connectivity index is 2.03. The second-order valence-corrected chi connectivity index (χ2v) is 4.98. The van der Waals surface area contributed by atoms with Gasteiger partial charge in [-0.15, -0.1) is 11.3 Å². The van der Waals surface area contributed by atoms with Gasteiger partial charge in [0.25, 0.3) is 0 Å². The summed E-state index contributed by atoms with van der Waals surface area (Å²) in [7, 11) is 0. The molecule has 1 aliphatic heterocycles. The van der Waals surface area contributed by atoms with Crippen LogP contribution in [0.1, 0.15) is 16.4 Å². The average Bonchev–Trinajstić information content (AvgIpc) is 2.96. The van der Waals surface area contributed by atoms with Gasteiger partial charge in [0, 0.05) is 16.5 Å². The molecule has 0 radical (unpaired) electrons. The highest BCUT2D eigenvalue weighted by molar-refractivity contribution is 7.10. The van der Waals surface area contributed by atoms with Crippen molar-refractivity contribution < 1.29 is 14.6 Å². The smallest absolute Gasteiger partial charge is 0.135 e. The highest BCUT2D eigenvalue weighted by Gasteiger charge is 2.29. The molecular weight excluding hydrogens is 248 g/mol. The molecule has 1 aromatic carbocycles. The Kier molecular flexibility index (Phi) is 2.64. The van der Waals surface area contributed by atoms with E-state index in [1.165, 1.54) is 6.07 Å². The molecule has 0 aliphatic carbocycles. The van der Waals surface area contributed by atoms with Gasteiger partial charge in [0.1, 0.15) is 29.5 Å². The van der Waals surface area contributed by atoms with Gasteiger partial charge in [0.2, 0.25) is 0 Å². The molecule has 3 nitrogen and oxygen atoms in total. The van der Waals surface area contributed by atoms with Crippen molar-refractivity contribution in [3.63, 3.8) is 0 Å². The predicted octanol–water partition coefficient (Wildman–Crippen LogP) is 3.17. The van der Waals surface area contributed by atoms with Crippen LogP contribution in [0.3, 0.4) is 0 Å². The molecule has 1 N–H and O–H groups in total. The fourth-order valence-corrected chi connectivity index (χ4v) is 2.64. The molecular formula is C14H10O3S. The van der Waals surface area contributed by atoms with Gasteiger partial charge >= 0.3 is 0 Å². The van der Waals surface area contributed by atoms with Crippen LogP contribution in [0.5, 0.6) is 11.5 Å². The molecule has 1 unspecified atom stereocenters. The Hall–Kier alpha value is -2.07. The molecule has 0 saturated carbocycles. The van der Waals surface area contributed by atoms with E-state index in [1.54, 1.807) is 23.5 Å². The Morgan fingerprint density at radius 1 is 1.33 bits per heavy atom. The number of carbonyl (C=O) groups is 1. The Morgan fingerprint density at radius 3 is 2.94 bits per heavy atom. The number of ether oxygens (including phenoxy) is 1. The summed E-state index contributed by atoms with van der Waals surface area (Å²) < 4.78 is 5.64. The molecule has 0 saturated heterocycles. The fraction of sp³-hybridized carbons (Fsp3) is 0.0714. The maximum atomic E-state index is 11.2. The van der Waals surface area contributed by atoms with Crippen LogP contribution in [0.15, 0.2) is 41.5 Å². The third kappa shape index (κ3) is 1.80. The molecule has 1 aliphatic rings. The van der Waals surface area contributed by atoms with Crippen molar-refractivity contribution in [3.05, 3.63) is 51.9 Å². The lowest BCUT2D eigenvalue weighted by Gasteiger charge is -2.01. The molecule has 2 heterocycles. The lowest BCUT2D eigenvalue weighted by molar-refractivity contribution is -0.108. The largest absolute Gasteiger partial charge is 0.508 e. The van der Waals surface area contributed by atoms with E-state index in [0.29, 0.717) is 11.5 Å². The van der Waals surface area contributed by atoms with Gasteiger partial charge in [-0.2, -0.15) is 0 Å². The van der Waals surface area contributed by atoms with Crippen molar-refractivity contribution in [2.45, 2.75) is 5.92 Å². The third-order valence-electron chi connectivity index (χ3n) is 2.83. The quantitative estimate of drug-likeness (QED) is 0.841. The zero-order valence-electron chi connectivity index (χ0n) is 9.37. The molecule has 4 heteroatoms. The summed E-state index contributed by atoms with van der Waals surface area (Å²) >= 11 is 1.58. The molecule has 0 bridgehead atoms. The molecule has 0 amide bonds. The van der Waals surface area contributed by atoms with Crippen molar-refractivity contribution >= 4 is 23.7 Å². The topological polar surface area (TPSA) is 46.5 Å². The first-order valence-electron chi connectivity index (χ1n) is 5.49. The molecule has 0 fully saturated rings. The number of aromatic hydroxyl groups is 1. The van der Waals surface area contributed by atoms with Crippen LogP contribution in [0.25, 0.3) is 6.08 Å². The minimum atomic E-state index is -0.386. The van der Waals surface area contributed by atoms with Crippen LogP contribution in [0.2, 0.25) is 0 Å². The van der Waals surface area contributed by atoms with Gasteiger partial charge < -0.3 is 14.6 Å². The van der Waals surface area contributed by atoms with Crippen LogP contribution >= 0.6 is 11.3 Å². The summed E-state index contributed by atoms with van der Waals surface area (Å²) in [6, 6.07) is 8.72. The van der Waals surface area contributed by atoms with Crippen LogP contribution < -0.4 is 4.74 Å². The predicted molar refractivity (Wildman–Crippen MR) is 69.8 cm³/mol. The summed E-state index contributed by atoms with van der Waals surface area (Å²) in [6.07, 6.45) is 2.73. The number of carbonyl (C=O) groups excluding carboxylic acids is 1. The van der Waals surface area contributed by atoms with E-state index in [9.17, 15) is 9.90 Å². The van der Waals surface area contributed by atoms with Crippen molar-refractivity contribution in [3.8, 4) is 11.5 Å². The van der Waals surface area contributed by atoms with E-state index in [1.807, 2.05) is 23.6 Å². The highest BCUT2D eigenvalue weighted by atomic mass is 32.1. The first-order valence-corrected chi connectivity index (χ1v) is 6.37. The van der Waals surface area contributed by atoms with Gasteiger partial charge in [0.05, 0.1) is 0 Å². The highest BCUT2D eigenvalue weighted by Crippen LogP contribution is 2.42. The number of thiophene rings is 1. The number of phenols is 1. The van der Waals surface area contributed by atoms with E-state index in [4.69, 9.17) is 4.74 Å². The summed E-state index contributed by atoms with van der Waals surface area (Å²) in [5.41, 5.74) is 0.797. The Morgan fingerprint density at radius 2 is 2.22 bits per heavy atom. The third-order valence-corrected chi connectivity index (χ3v) is 3.65. The number of hydrogen-bond donors (Lipinski definition) is 1. The number of benzene rings is 1. The SMILES string of the molecule is O=CC1/C(=C/c2cccs2)Oc2cc(O)ccc21. The van der Waals surface area contributed by atoms with Crippen molar-refractivity contribution in [1.82, 2.24) is 0 Å². The van der Waals surface area contributed by atoms with Crippen molar-refractivity contribution in [1.29, 1.82) is 0 Å². The van der Waals surface area contributed by atoms with E-state index >= 15 is 0 Å². The zero-order chi connectivity index (χ0) is 12.5. The van der Waals surface area contributed by atoms with Gasteiger partial charge in [-0.3, -0.25) is 0 Å². The fourth-order valence-electron chi connectivity index (χ4n) is 1.99. The molecule has 0 spiro atoms. The Bertz CT molecular complexity index is 614. The molecule has 1 atom stereocenters. The van der Waals surface area contributed by atoms with E-state index in [2.05, 4.69) is 0 Å². The van der Waals surface area contributed by atoms with Gasteiger partial charge in [-0.1, -0.05) is 12.1 Å². The van der Waals surface area contributed by atoms with Crippen LogP contribution in [-0.2, 0) is 4.79 Å². The molecule has 18 heavy (non-hydrogen) atoms. The summed E-state index contributed by atoms with van der Waals surface area (Å²) in [5, 5.41) is 11.4. The summed E-state index contributed by atoms with van der Waals surface area (Å²) in [5.74, 6) is 0.904. The molecule has 3 rings (SSSR count). The van der Waals surface area contributed by atoms with Gasteiger partial charge in [-0.05, 0) is 23.6 Å². The first-order chi connectivity index (χ1) is 8.78. The minimum absolute atomic E-state index is 0.135. The van der Waals surface area contributed by atoms with E-state index < -0.39 is 0 Å². The standard InChI is InChI=1S/C14H10O3S/c15-8-12-11-4-3-9(16)6-13(11)17-14(12)7-10-2-1-5-18-10/h1-8,12,16H/b14-7-. The number of fused-ring (bicyclic) bond motifs is 1. The minimum Gasteiger partial charge on any atom is -0.508 e. The lowest BCUT2D eigenvalue weighted by Crippen LogP contribution is -1.99. The van der Waals surface area contributed by atoms with E-state index in [0.717, 1.165) is 16.7 Å². The Labute approximate surface area is 108 Å². The maximum absolute atomic E-state index is 11.2. The van der Waals surface area contributed by atoms with E-state index in [-0.39, 0.29) is 11.7 Å². The summed E-state index contributed by atoms with van der Waals surface area (Å²) in [4.78, 5) is 12.2. The monoisotopic (exact) mass is 258 g/mol. The van der Waals surface area contributed by atoms with Gasteiger partial charge in [0.15, 0.2) is 0 Å². The van der Waals surface area contributed by atoms with Crippen LogP contribution in [-0.4, -0.2) is 11.4 Å². The number of aldehydes is 1. The van der Waals surface area contributed by atoms with Crippen LogP contribution in [0.4, 0.5) is 0 Å².